The number of hydrogen-bond donors (Lipinski definition) is 0. The number of carbonyl (C=O) groups excluding carboxylic acids is 1. The lowest BCUT2D eigenvalue weighted by Crippen LogP contribution is -2.05. The zero-order valence-electron chi connectivity index (χ0n) is 6.55. The van der Waals surface area contributed by atoms with E-state index in [1.54, 1.807) is 11.8 Å². The van der Waals surface area contributed by atoms with Gasteiger partial charge >= 0.3 is 5.97 Å². The summed E-state index contributed by atoms with van der Waals surface area (Å²) in [5.74, 6) is 0.791. The fourth-order valence-electron chi connectivity index (χ4n) is 0.473. The van der Waals surface area contributed by atoms with Crippen LogP contribution in [0.1, 0.15) is 19.8 Å². The Balaban J connectivity index is 3.09. The molecule has 0 amide bonds. The van der Waals surface area contributed by atoms with E-state index in [1.807, 2.05) is 13.2 Å². The first kappa shape index (κ1) is 9.82. The Labute approximate surface area is 66.3 Å². The molecule has 0 aromatic carbocycles. The highest BCUT2D eigenvalue weighted by Gasteiger charge is 1.98. The average Bonchev–Trinajstić information content (AvgIpc) is 1.97. The molecule has 0 bridgehead atoms. The van der Waals surface area contributed by atoms with Gasteiger partial charge in [0.2, 0.25) is 0 Å². The van der Waals surface area contributed by atoms with Gasteiger partial charge in [0.25, 0.3) is 0 Å². The second-order valence-corrected chi connectivity index (χ2v) is 2.95. The summed E-state index contributed by atoms with van der Waals surface area (Å²) in [7, 11) is 0. The minimum Gasteiger partial charge on any atom is -0.466 e. The van der Waals surface area contributed by atoms with Crippen LogP contribution in [0.2, 0.25) is 0 Å². The monoisotopic (exact) mass is 162 g/mol. The zero-order chi connectivity index (χ0) is 7.82. The van der Waals surface area contributed by atoms with Gasteiger partial charge in [0, 0.05) is 5.75 Å². The van der Waals surface area contributed by atoms with Gasteiger partial charge in [-0.15, -0.1) is 0 Å². The number of esters is 1. The van der Waals surface area contributed by atoms with Crippen LogP contribution in [0.25, 0.3) is 0 Å². The highest BCUT2D eigenvalue weighted by molar-refractivity contribution is 7.98. The number of carbonyl (C=O) groups is 1. The van der Waals surface area contributed by atoms with Crippen LogP contribution < -0.4 is 0 Å². The Kier molecular flexibility index (Phi) is 6.81. The molecule has 0 aromatic rings. The molecule has 0 aromatic heterocycles. The fraction of sp³-hybridized carbons (Fsp3) is 0.857. The van der Waals surface area contributed by atoms with E-state index in [-0.39, 0.29) is 5.97 Å². The van der Waals surface area contributed by atoms with Gasteiger partial charge < -0.3 is 4.74 Å². The SMILES string of the molecule is CCCOC(=O)CCSC. The van der Waals surface area contributed by atoms with E-state index >= 15 is 0 Å². The predicted octanol–water partition coefficient (Wildman–Crippen LogP) is 1.69. The lowest BCUT2D eigenvalue weighted by atomic mass is 10.5. The van der Waals surface area contributed by atoms with Gasteiger partial charge in [-0.1, -0.05) is 6.92 Å². The summed E-state index contributed by atoms with van der Waals surface area (Å²) >= 11 is 1.66. The molecule has 3 heteroatoms. The van der Waals surface area contributed by atoms with Crippen molar-refractivity contribution in [2.24, 2.45) is 0 Å². The van der Waals surface area contributed by atoms with E-state index in [2.05, 4.69) is 0 Å². The standard InChI is InChI=1S/C7H14O2S/c1-3-5-9-7(8)4-6-10-2/h3-6H2,1-2H3. The third-order valence-electron chi connectivity index (χ3n) is 0.977. The normalized spacial score (nSPS) is 9.40. The van der Waals surface area contributed by atoms with Crippen LogP contribution in [-0.4, -0.2) is 24.6 Å². The lowest BCUT2D eigenvalue weighted by molar-refractivity contribution is -0.143. The van der Waals surface area contributed by atoms with E-state index < -0.39 is 0 Å². The van der Waals surface area contributed by atoms with Crippen molar-refractivity contribution in [2.45, 2.75) is 19.8 Å². The van der Waals surface area contributed by atoms with E-state index in [9.17, 15) is 4.79 Å². The highest BCUT2D eigenvalue weighted by Crippen LogP contribution is 1.97. The van der Waals surface area contributed by atoms with Crippen molar-refractivity contribution in [1.29, 1.82) is 0 Å². The van der Waals surface area contributed by atoms with Crippen LogP contribution in [0, 0.1) is 0 Å². The van der Waals surface area contributed by atoms with Crippen LogP contribution in [0.15, 0.2) is 0 Å². The Morgan fingerprint density at radius 1 is 1.60 bits per heavy atom. The van der Waals surface area contributed by atoms with E-state index in [1.165, 1.54) is 0 Å². The summed E-state index contributed by atoms with van der Waals surface area (Å²) in [6.07, 6.45) is 3.43. The molecule has 0 aliphatic rings. The molecule has 0 fully saturated rings. The Morgan fingerprint density at radius 2 is 2.30 bits per heavy atom. The van der Waals surface area contributed by atoms with Gasteiger partial charge in [-0.05, 0) is 12.7 Å². The maximum Gasteiger partial charge on any atom is 0.306 e. The molecule has 0 unspecified atom stereocenters. The maximum absolute atomic E-state index is 10.7. The lowest BCUT2D eigenvalue weighted by Gasteiger charge is -2.00. The molecule has 0 aliphatic heterocycles. The third kappa shape index (κ3) is 5.95. The predicted molar refractivity (Wildman–Crippen MR) is 44.2 cm³/mol. The molecular weight excluding hydrogens is 148 g/mol. The maximum atomic E-state index is 10.7. The van der Waals surface area contributed by atoms with Crippen molar-refractivity contribution in [3.63, 3.8) is 0 Å². The molecule has 10 heavy (non-hydrogen) atoms. The fourth-order valence-corrected chi connectivity index (χ4v) is 0.844. The second kappa shape index (κ2) is 6.93. The molecule has 60 valence electrons. The van der Waals surface area contributed by atoms with Crippen molar-refractivity contribution in [1.82, 2.24) is 0 Å². The number of rotatable bonds is 5. The van der Waals surface area contributed by atoms with E-state index in [0.717, 1.165) is 12.2 Å². The van der Waals surface area contributed by atoms with Crippen molar-refractivity contribution in [2.75, 3.05) is 18.6 Å². The Morgan fingerprint density at radius 3 is 2.80 bits per heavy atom. The number of hydrogen-bond acceptors (Lipinski definition) is 3. The molecular formula is C7H14O2S. The molecule has 0 radical (unpaired) electrons. The molecule has 0 saturated carbocycles. The Hall–Kier alpha value is -0.180. The largest absolute Gasteiger partial charge is 0.466 e. The third-order valence-corrected chi connectivity index (χ3v) is 1.59. The summed E-state index contributed by atoms with van der Waals surface area (Å²) in [4.78, 5) is 10.7. The highest BCUT2D eigenvalue weighted by atomic mass is 32.2. The number of thioether (sulfide) groups is 1. The van der Waals surface area contributed by atoms with Gasteiger partial charge in [0.05, 0.1) is 13.0 Å². The first-order chi connectivity index (χ1) is 4.81. The molecule has 0 aliphatic carbocycles. The van der Waals surface area contributed by atoms with Crippen LogP contribution in [0.5, 0.6) is 0 Å². The van der Waals surface area contributed by atoms with E-state index in [4.69, 9.17) is 4.74 Å². The molecule has 0 heterocycles. The smallest absolute Gasteiger partial charge is 0.306 e. The molecule has 0 N–H and O–H groups in total. The summed E-state index contributed by atoms with van der Waals surface area (Å²) in [5.41, 5.74) is 0. The van der Waals surface area contributed by atoms with Crippen LogP contribution in [0.3, 0.4) is 0 Å². The van der Waals surface area contributed by atoms with Crippen molar-refractivity contribution >= 4 is 17.7 Å². The molecule has 0 saturated heterocycles. The Bertz CT molecular complexity index is 83.6. The van der Waals surface area contributed by atoms with Gasteiger partial charge in [-0.25, -0.2) is 0 Å². The second-order valence-electron chi connectivity index (χ2n) is 1.96. The van der Waals surface area contributed by atoms with Gasteiger partial charge in [0.1, 0.15) is 0 Å². The number of ether oxygens (including phenoxy) is 1. The van der Waals surface area contributed by atoms with Crippen LogP contribution >= 0.6 is 11.8 Å². The zero-order valence-corrected chi connectivity index (χ0v) is 7.37. The summed E-state index contributed by atoms with van der Waals surface area (Å²) in [6, 6.07) is 0. The molecule has 2 nitrogen and oxygen atoms in total. The topological polar surface area (TPSA) is 26.3 Å². The molecule has 0 spiro atoms. The van der Waals surface area contributed by atoms with Gasteiger partial charge in [0.15, 0.2) is 0 Å². The summed E-state index contributed by atoms with van der Waals surface area (Å²) < 4.78 is 4.84. The van der Waals surface area contributed by atoms with Crippen LogP contribution in [0.4, 0.5) is 0 Å². The first-order valence-corrected chi connectivity index (χ1v) is 4.85. The quantitative estimate of drug-likeness (QED) is 0.575. The van der Waals surface area contributed by atoms with Gasteiger partial charge in [-0.2, -0.15) is 11.8 Å². The van der Waals surface area contributed by atoms with E-state index in [0.29, 0.717) is 13.0 Å². The molecule has 0 rings (SSSR count). The van der Waals surface area contributed by atoms with Crippen LogP contribution in [-0.2, 0) is 9.53 Å². The molecule has 0 atom stereocenters. The minimum atomic E-state index is -0.0730. The average molecular weight is 162 g/mol. The first-order valence-electron chi connectivity index (χ1n) is 3.45. The summed E-state index contributed by atoms with van der Waals surface area (Å²) in [6.45, 7) is 2.55. The van der Waals surface area contributed by atoms with Crippen molar-refractivity contribution in [3.05, 3.63) is 0 Å². The van der Waals surface area contributed by atoms with Gasteiger partial charge in [-0.3, -0.25) is 4.79 Å². The summed E-state index contributed by atoms with van der Waals surface area (Å²) in [5, 5.41) is 0. The van der Waals surface area contributed by atoms with Crippen molar-refractivity contribution in [3.8, 4) is 0 Å². The minimum absolute atomic E-state index is 0.0730. The van der Waals surface area contributed by atoms with Crippen molar-refractivity contribution < 1.29 is 9.53 Å².